The number of hydrogen-bond acceptors (Lipinski definition) is 4. The molecule has 1 fully saturated rings. The van der Waals surface area contributed by atoms with Crippen LogP contribution in [0.25, 0.3) is 0 Å². The van der Waals surface area contributed by atoms with Crippen molar-refractivity contribution >= 4 is 11.7 Å². The molecule has 0 bridgehead atoms. The van der Waals surface area contributed by atoms with Crippen LogP contribution < -0.4 is 9.64 Å². The number of nitrogens with zero attached hydrogens (tertiary/aromatic N) is 3. The third kappa shape index (κ3) is 4.04. The molecule has 3 rings (SSSR count). The van der Waals surface area contributed by atoms with Gasteiger partial charge in [0.15, 0.2) is 18.2 Å². The fourth-order valence-electron chi connectivity index (χ4n) is 2.87. The summed E-state index contributed by atoms with van der Waals surface area (Å²) in [5.74, 6) is -0.609. The highest BCUT2D eigenvalue weighted by molar-refractivity contribution is 5.78. The average Bonchev–Trinajstić information content (AvgIpc) is 2.60. The van der Waals surface area contributed by atoms with Crippen LogP contribution in [0.5, 0.6) is 5.75 Å². The number of benzene rings is 1. The van der Waals surface area contributed by atoms with Crippen molar-refractivity contribution in [1.29, 1.82) is 0 Å². The predicted molar refractivity (Wildman–Crippen MR) is 89.5 cm³/mol. The normalized spacial score (nSPS) is 17.5. The molecule has 0 N–H and O–H groups in total. The van der Waals surface area contributed by atoms with E-state index in [1.165, 1.54) is 18.2 Å². The molecule has 5 nitrogen and oxygen atoms in total. The Morgan fingerprint density at radius 2 is 2.00 bits per heavy atom. The van der Waals surface area contributed by atoms with Crippen molar-refractivity contribution in [3.63, 3.8) is 0 Å². The molecule has 2 aromatic rings. The summed E-state index contributed by atoms with van der Waals surface area (Å²) in [4.78, 5) is 19.8. The fraction of sp³-hybridized carbons (Fsp3) is 0.333. The second-order valence-electron chi connectivity index (χ2n) is 5.92. The third-order valence-corrected chi connectivity index (χ3v) is 4.16. The molecule has 0 aliphatic carbocycles. The van der Waals surface area contributed by atoms with Crippen LogP contribution in [0.3, 0.4) is 0 Å². The standard InChI is InChI=1S/C18H19F2N3O2/c1-13-11-22(9-10-23(13)17-8-4-7-16(20)21-17)18(24)12-25-15-6-3-2-5-14(15)19/h2-8,13H,9-12H2,1H3. The summed E-state index contributed by atoms with van der Waals surface area (Å²) in [5, 5.41) is 0. The van der Waals surface area contributed by atoms with Crippen LogP contribution in [0.1, 0.15) is 6.92 Å². The second-order valence-corrected chi connectivity index (χ2v) is 5.92. The predicted octanol–water partition coefficient (Wildman–Crippen LogP) is 2.48. The molecular weight excluding hydrogens is 328 g/mol. The number of anilines is 1. The Kier molecular flexibility index (Phi) is 5.11. The minimum absolute atomic E-state index is 0.0135. The van der Waals surface area contributed by atoms with E-state index in [0.717, 1.165) is 0 Å². The smallest absolute Gasteiger partial charge is 0.260 e. The van der Waals surface area contributed by atoms with Crippen LogP contribution in [0.2, 0.25) is 0 Å². The van der Waals surface area contributed by atoms with Crippen LogP contribution >= 0.6 is 0 Å². The molecule has 2 heterocycles. The van der Waals surface area contributed by atoms with Gasteiger partial charge < -0.3 is 14.5 Å². The number of pyridine rings is 1. The van der Waals surface area contributed by atoms with Gasteiger partial charge in [-0.25, -0.2) is 9.37 Å². The van der Waals surface area contributed by atoms with Crippen molar-refractivity contribution in [1.82, 2.24) is 9.88 Å². The van der Waals surface area contributed by atoms with Gasteiger partial charge in [-0.3, -0.25) is 4.79 Å². The van der Waals surface area contributed by atoms with Gasteiger partial charge >= 0.3 is 0 Å². The van der Waals surface area contributed by atoms with Crippen molar-refractivity contribution in [3.05, 3.63) is 54.2 Å². The Morgan fingerprint density at radius 1 is 1.20 bits per heavy atom. The van der Waals surface area contributed by atoms with Gasteiger partial charge in [0.1, 0.15) is 5.82 Å². The highest BCUT2D eigenvalue weighted by Crippen LogP contribution is 2.19. The molecule has 0 spiro atoms. The van der Waals surface area contributed by atoms with Gasteiger partial charge in [-0.1, -0.05) is 18.2 Å². The molecular formula is C18H19F2N3O2. The molecule has 1 aliphatic rings. The molecule has 1 unspecified atom stereocenters. The zero-order chi connectivity index (χ0) is 17.8. The quantitative estimate of drug-likeness (QED) is 0.797. The monoisotopic (exact) mass is 347 g/mol. The molecule has 1 atom stereocenters. The first-order valence-electron chi connectivity index (χ1n) is 8.09. The number of rotatable bonds is 4. The van der Waals surface area contributed by atoms with E-state index >= 15 is 0 Å². The number of aromatic nitrogens is 1. The third-order valence-electron chi connectivity index (χ3n) is 4.16. The highest BCUT2D eigenvalue weighted by atomic mass is 19.1. The van der Waals surface area contributed by atoms with Gasteiger partial charge in [0, 0.05) is 25.7 Å². The number of ether oxygens (including phenoxy) is 1. The Morgan fingerprint density at radius 3 is 2.72 bits per heavy atom. The summed E-state index contributed by atoms with van der Waals surface area (Å²) in [7, 11) is 0. The first kappa shape index (κ1) is 17.1. The Balaban J connectivity index is 1.57. The molecule has 7 heteroatoms. The zero-order valence-electron chi connectivity index (χ0n) is 13.9. The summed E-state index contributed by atoms with van der Waals surface area (Å²) in [6.45, 7) is 3.22. The van der Waals surface area contributed by atoms with E-state index in [-0.39, 0.29) is 24.3 Å². The van der Waals surface area contributed by atoms with E-state index in [2.05, 4.69) is 4.98 Å². The zero-order valence-corrected chi connectivity index (χ0v) is 13.9. The molecule has 1 aromatic carbocycles. The van der Waals surface area contributed by atoms with Gasteiger partial charge in [0.2, 0.25) is 5.95 Å². The van der Waals surface area contributed by atoms with E-state index in [1.54, 1.807) is 29.2 Å². The van der Waals surface area contributed by atoms with Crippen LogP contribution in [0, 0.1) is 11.8 Å². The van der Waals surface area contributed by atoms with E-state index < -0.39 is 11.8 Å². The van der Waals surface area contributed by atoms with Crippen LogP contribution in [0.4, 0.5) is 14.6 Å². The van der Waals surface area contributed by atoms with E-state index in [1.807, 2.05) is 11.8 Å². The fourth-order valence-corrected chi connectivity index (χ4v) is 2.87. The van der Waals surface area contributed by atoms with Crippen molar-refractivity contribution in [2.24, 2.45) is 0 Å². The van der Waals surface area contributed by atoms with Crippen molar-refractivity contribution in [3.8, 4) is 5.75 Å². The van der Waals surface area contributed by atoms with Gasteiger partial charge in [-0.15, -0.1) is 0 Å². The number of carbonyl (C=O) groups excluding carboxylic acids is 1. The maximum atomic E-state index is 13.5. The minimum Gasteiger partial charge on any atom is -0.481 e. The minimum atomic E-state index is -0.526. The summed E-state index contributed by atoms with van der Waals surface area (Å²) >= 11 is 0. The molecule has 1 aliphatic heterocycles. The lowest BCUT2D eigenvalue weighted by atomic mass is 10.2. The number of piperazine rings is 1. The number of halogens is 2. The number of hydrogen-bond donors (Lipinski definition) is 0. The number of carbonyl (C=O) groups is 1. The summed E-state index contributed by atoms with van der Waals surface area (Å²) in [5.41, 5.74) is 0. The van der Waals surface area contributed by atoms with Gasteiger partial charge in [-0.05, 0) is 31.2 Å². The first-order valence-corrected chi connectivity index (χ1v) is 8.09. The molecule has 1 amide bonds. The van der Waals surface area contributed by atoms with Crippen LogP contribution in [-0.4, -0.2) is 48.1 Å². The number of para-hydroxylation sites is 1. The highest BCUT2D eigenvalue weighted by Gasteiger charge is 2.28. The van der Waals surface area contributed by atoms with Crippen LogP contribution in [-0.2, 0) is 4.79 Å². The van der Waals surface area contributed by atoms with Gasteiger partial charge in [0.25, 0.3) is 5.91 Å². The average molecular weight is 347 g/mol. The van der Waals surface area contributed by atoms with Crippen molar-refractivity contribution in [2.75, 3.05) is 31.1 Å². The SMILES string of the molecule is CC1CN(C(=O)COc2ccccc2F)CCN1c1cccc(F)n1. The molecule has 1 aromatic heterocycles. The second kappa shape index (κ2) is 7.46. The summed E-state index contributed by atoms with van der Waals surface area (Å²) < 4.78 is 32.1. The Bertz CT molecular complexity index is 757. The lowest BCUT2D eigenvalue weighted by molar-refractivity contribution is -0.134. The van der Waals surface area contributed by atoms with Crippen LogP contribution in [0.15, 0.2) is 42.5 Å². The maximum Gasteiger partial charge on any atom is 0.260 e. The summed E-state index contributed by atoms with van der Waals surface area (Å²) in [6.07, 6.45) is 0. The van der Waals surface area contributed by atoms with Crippen molar-refractivity contribution < 1.29 is 18.3 Å². The molecule has 25 heavy (non-hydrogen) atoms. The Labute approximate surface area is 144 Å². The van der Waals surface area contributed by atoms with Gasteiger partial charge in [-0.2, -0.15) is 4.39 Å². The molecule has 0 radical (unpaired) electrons. The van der Waals surface area contributed by atoms with Gasteiger partial charge in [0.05, 0.1) is 0 Å². The van der Waals surface area contributed by atoms with E-state index in [0.29, 0.717) is 25.5 Å². The number of amides is 1. The van der Waals surface area contributed by atoms with E-state index in [4.69, 9.17) is 4.74 Å². The topological polar surface area (TPSA) is 45.7 Å². The summed E-state index contributed by atoms with van der Waals surface area (Å²) in [6, 6.07) is 10.6. The van der Waals surface area contributed by atoms with E-state index in [9.17, 15) is 13.6 Å². The van der Waals surface area contributed by atoms with Crippen molar-refractivity contribution in [2.45, 2.75) is 13.0 Å². The lowest BCUT2D eigenvalue weighted by Gasteiger charge is -2.40. The Hall–Kier alpha value is -2.70. The lowest BCUT2D eigenvalue weighted by Crippen LogP contribution is -2.55. The maximum absolute atomic E-state index is 13.5. The largest absolute Gasteiger partial charge is 0.481 e. The molecule has 132 valence electrons. The first-order chi connectivity index (χ1) is 12.0. The molecule has 1 saturated heterocycles. The molecule has 0 saturated carbocycles.